The molecule has 0 aromatic carbocycles. The molecule has 2 aromatic rings. The highest BCUT2D eigenvalue weighted by molar-refractivity contribution is 5.75. The Kier molecular flexibility index (Phi) is 3.86. The number of hydrogen-bond acceptors (Lipinski definition) is 5. The normalized spacial score (nSPS) is 10.3. The average molecular weight is 264 g/mol. The molecule has 0 aliphatic heterocycles. The van der Waals surface area contributed by atoms with Gasteiger partial charge in [-0.2, -0.15) is 5.10 Å². The van der Waals surface area contributed by atoms with E-state index in [4.69, 9.17) is 0 Å². The summed E-state index contributed by atoms with van der Waals surface area (Å²) in [5, 5.41) is 8.98. The summed E-state index contributed by atoms with van der Waals surface area (Å²) in [6, 6.07) is 1.18. The number of amides is 1. The summed E-state index contributed by atoms with van der Waals surface area (Å²) in [7, 11) is 0. The number of nitrogens with zero attached hydrogens (tertiary/aromatic N) is 3. The van der Waals surface area contributed by atoms with E-state index in [0.717, 1.165) is 4.57 Å². The van der Waals surface area contributed by atoms with E-state index < -0.39 is 11.2 Å². The minimum Gasteiger partial charge on any atom is -0.354 e. The summed E-state index contributed by atoms with van der Waals surface area (Å²) in [6.45, 7) is 0.234. The van der Waals surface area contributed by atoms with Gasteiger partial charge in [-0.25, -0.2) is 9.78 Å². The highest BCUT2D eigenvalue weighted by atomic mass is 16.2. The molecule has 0 aliphatic rings. The lowest BCUT2D eigenvalue weighted by atomic mass is 10.4. The van der Waals surface area contributed by atoms with Crippen LogP contribution < -0.4 is 16.6 Å². The molecular formula is C10H12N6O3. The van der Waals surface area contributed by atoms with Crippen LogP contribution in [0.5, 0.6) is 0 Å². The smallest absolute Gasteiger partial charge is 0.328 e. The zero-order valence-corrected chi connectivity index (χ0v) is 9.92. The Bertz CT molecular complexity index is 656. The minimum atomic E-state index is -0.613. The van der Waals surface area contributed by atoms with Crippen LogP contribution in [0.2, 0.25) is 0 Å². The predicted molar refractivity (Wildman–Crippen MR) is 64.4 cm³/mol. The van der Waals surface area contributed by atoms with Crippen molar-refractivity contribution in [1.82, 2.24) is 30.0 Å². The maximum Gasteiger partial charge on any atom is 0.328 e. The lowest BCUT2D eigenvalue weighted by Crippen LogP contribution is -2.36. The molecule has 1 amide bonds. The van der Waals surface area contributed by atoms with Crippen molar-refractivity contribution in [3.8, 4) is 0 Å². The number of carbonyl (C=O) groups is 1. The molecule has 2 heterocycles. The van der Waals surface area contributed by atoms with E-state index in [2.05, 4.69) is 25.5 Å². The lowest BCUT2D eigenvalue weighted by molar-refractivity contribution is -0.121. The molecule has 9 nitrogen and oxygen atoms in total. The lowest BCUT2D eigenvalue weighted by Gasteiger charge is -2.05. The highest BCUT2D eigenvalue weighted by Gasteiger charge is 2.04. The van der Waals surface area contributed by atoms with Gasteiger partial charge in [-0.3, -0.25) is 24.2 Å². The van der Waals surface area contributed by atoms with E-state index in [9.17, 15) is 14.4 Å². The van der Waals surface area contributed by atoms with Crippen LogP contribution in [0.4, 0.5) is 0 Å². The third-order valence-electron chi connectivity index (χ3n) is 2.36. The fourth-order valence-corrected chi connectivity index (χ4v) is 1.45. The number of aromatic nitrogens is 5. The van der Waals surface area contributed by atoms with E-state index in [-0.39, 0.29) is 12.5 Å². The van der Waals surface area contributed by atoms with Crippen molar-refractivity contribution in [3.63, 3.8) is 0 Å². The second-order valence-corrected chi connectivity index (χ2v) is 3.77. The molecule has 0 atom stereocenters. The number of carbonyl (C=O) groups excluding carboxylic acids is 1. The molecule has 0 saturated carbocycles. The third-order valence-corrected chi connectivity index (χ3v) is 2.36. The van der Waals surface area contributed by atoms with E-state index in [1.54, 1.807) is 0 Å². The van der Waals surface area contributed by atoms with Gasteiger partial charge < -0.3 is 5.32 Å². The van der Waals surface area contributed by atoms with Crippen LogP contribution in [0.1, 0.15) is 5.82 Å². The number of H-pyrrole nitrogens is 2. The van der Waals surface area contributed by atoms with Gasteiger partial charge in [-0.1, -0.05) is 0 Å². The molecule has 0 aliphatic carbocycles. The largest absolute Gasteiger partial charge is 0.354 e. The number of aromatic amines is 2. The molecule has 2 rings (SSSR count). The molecule has 0 spiro atoms. The summed E-state index contributed by atoms with van der Waals surface area (Å²) in [5.74, 6) is 0.343. The first-order valence-electron chi connectivity index (χ1n) is 5.56. The van der Waals surface area contributed by atoms with Crippen LogP contribution >= 0.6 is 0 Å². The number of hydrogen-bond donors (Lipinski definition) is 3. The van der Waals surface area contributed by atoms with Crippen molar-refractivity contribution in [3.05, 3.63) is 45.3 Å². The van der Waals surface area contributed by atoms with Gasteiger partial charge in [0.25, 0.3) is 5.56 Å². The van der Waals surface area contributed by atoms with Crippen LogP contribution in [-0.2, 0) is 17.8 Å². The van der Waals surface area contributed by atoms with Crippen LogP contribution in [0.3, 0.4) is 0 Å². The van der Waals surface area contributed by atoms with Crippen LogP contribution in [-0.4, -0.2) is 37.2 Å². The summed E-state index contributed by atoms with van der Waals surface area (Å²) in [6.07, 6.45) is 3.18. The third kappa shape index (κ3) is 3.63. The van der Waals surface area contributed by atoms with Crippen molar-refractivity contribution in [2.24, 2.45) is 0 Å². The summed E-state index contributed by atoms with van der Waals surface area (Å²) in [5.41, 5.74) is -1.11. The van der Waals surface area contributed by atoms with Crippen molar-refractivity contribution in [2.75, 3.05) is 6.54 Å². The molecular weight excluding hydrogens is 252 g/mol. The highest BCUT2D eigenvalue weighted by Crippen LogP contribution is 1.85. The Morgan fingerprint density at radius 1 is 1.42 bits per heavy atom. The molecule has 0 radical (unpaired) electrons. The van der Waals surface area contributed by atoms with E-state index in [1.165, 1.54) is 18.6 Å². The molecule has 0 saturated heterocycles. The molecule has 0 unspecified atom stereocenters. The van der Waals surface area contributed by atoms with Crippen molar-refractivity contribution in [1.29, 1.82) is 0 Å². The Labute approximate surface area is 106 Å². The Hall–Kier alpha value is -2.71. The van der Waals surface area contributed by atoms with Gasteiger partial charge in [-0.05, 0) is 0 Å². The minimum absolute atomic E-state index is 0.147. The predicted octanol–water partition coefficient (Wildman–Crippen LogP) is -1.99. The zero-order valence-electron chi connectivity index (χ0n) is 9.92. The van der Waals surface area contributed by atoms with Crippen molar-refractivity contribution >= 4 is 5.91 Å². The van der Waals surface area contributed by atoms with Gasteiger partial charge in [0, 0.05) is 25.2 Å². The molecule has 100 valence electrons. The SMILES string of the molecule is O=C(Cn1ccc(=O)[nH]c1=O)NCCc1ncn[nH]1. The maximum absolute atomic E-state index is 11.6. The molecule has 0 fully saturated rings. The topological polar surface area (TPSA) is 126 Å². The van der Waals surface area contributed by atoms with E-state index >= 15 is 0 Å². The van der Waals surface area contributed by atoms with Gasteiger partial charge >= 0.3 is 5.69 Å². The van der Waals surface area contributed by atoms with Gasteiger partial charge in [0.1, 0.15) is 18.7 Å². The molecule has 0 bridgehead atoms. The summed E-state index contributed by atoms with van der Waals surface area (Å²) >= 11 is 0. The first-order chi connectivity index (χ1) is 9.15. The monoisotopic (exact) mass is 264 g/mol. The fraction of sp³-hybridized carbons (Fsp3) is 0.300. The van der Waals surface area contributed by atoms with Crippen LogP contribution in [0.25, 0.3) is 0 Å². The Balaban J connectivity index is 1.84. The van der Waals surface area contributed by atoms with Crippen molar-refractivity contribution < 1.29 is 4.79 Å². The maximum atomic E-state index is 11.6. The Morgan fingerprint density at radius 2 is 2.26 bits per heavy atom. The summed E-state index contributed by atoms with van der Waals surface area (Å²) in [4.78, 5) is 39.7. The second kappa shape index (κ2) is 5.76. The number of nitrogens with one attached hydrogen (secondary N) is 3. The van der Waals surface area contributed by atoms with Gasteiger partial charge in [-0.15, -0.1) is 0 Å². The fourth-order valence-electron chi connectivity index (χ4n) is 1.45. The standard InChI is InChI=1S/C10H12N6O3/c17-8-2-4-16(10(19)14-8)5-9(18)11-3-1-7-12-6-13-15-7/h2,4,6H,1,3,5H2,(H,11,18)(H,12,13,15)(H,14,17,19). The molecule has 2 aromatic heterocycles. The average Bonchev–Trinajstić information content (AvgIpc) is 2.86. The van der Waals surface area contributed by atoms with Crippen LogP contribution in [0, 0.1) is 0 Å². The van der Waals surface area contributed by atoms with Gasteiger partial charge in [0.15, 0.2) is 0 Å². The first kappa shape index (κ1) is 12.7. The Morgan fingerprint density at radius 3 is 2.95 bits per heavy atom. The molecule has 9 heteroatoms. The van der Waals surface area contributed by atoms with Crippen molar-refractivity contribution in [2.45, 2.75) is 13.0 Å². The molecule has 3 N–H and O–H groups in total. The second-order valence-electron chi connectivity index (χ2n) is 3.77. The first-order valence-corrected chi connectivity index (χ1v) is 5.56. The summed E-state index contributed by atoms with van der Waals surface area (Å²) < 4.78 is 1.12. The van der Waals surface area contributed by atoms with Gasteiger partial charge in [0.05, 0.1) is 0 Å². The molecule has 19 heavy (non-hydrogen) atoms. The van der Waals surface area contributed by atoms with Gasteiger partial charge in [0.2, 0.25) is 5.91 Å². The van der Waals surface area contributed by atoms with E-state index in [1.807, 2.05) is 0 Å². The van der Waals surface area contributed by atoms with Crippen LogP contribution in [0.15, 0.2) is 28.2 Å². The van der Waals surface area contributed by atoms with E-state index in [0.29, 0.717) is 18.8 Å². The number of rotatable bonds is 5. The quantitative estimate of drug-likeness (QED) is 0.576. The zero-order chi connectivity index (χ0) is 13.7.